The van der Waals surface area contributed by atoms with Gasteiger partial charge in [0.1, 0.15) is 0 Å². The van der Waals surface area contributed by atoms with Crippen molar-refractivity contribution in [2.75, 3.05) is 0 Å². The topological polar surface area (TPSA) is 0 Å². The third-order valence-corrected chi connectivity index (χ3v) is 27.2. The van der Waals surface area contributed by atoms with E-state index in [-0.39, 0.29) is 6.86 Å². The van der Waals surface area contributed by atoms with Gasteiger partial charge in [-0.3, -0.25) is 0 Å². The van der Waals surface area contributed by atoms with Crippen LogP contribution in [0.3, 0.4) is 0 Å². The molecule has 204 valence electrons. The third kappa shape index (κ3) is 2.53. The van der Waals surface area contributed by atoms with Crippen LogP contribution >= 0.6 is 0 Å². The van der Waals surface area contributed by atoms with Crippen molar-refractivity contribution in [3.63, 3.8) is 0 Å². The Bertz CT molecular complexity index is 1770. The maximum atomic E-state index is 2.81. The summed E-state index contributed by atoms with van der Waals surface area (Å²) in [5.41, 5.74) is 18.5. The Morgan fingerprint density at radius 1 is 0.326 bits per heavy atom. The number of hydrogen-bond acceptors (Lipinski definition) is 0. The molecular weight excluding hydrogens is 623 g/mol. The first-order valence-corrected chi connectivity index (χ1v) is 24.3. The molecule has 0 aromatic heterocycles. The van der Waals surface area contributed by atoms with Gasteiger partial charge in [-0.1, -0.05) is 0 Å². The van der Waals surface area contributed by atoms with Crippen LogP contribution in [0.25, 0.3) is 0 Å². The van der Waals surface area contributed by atoms with Crippen LogP contribution in [-0.4, -0.2) is 18.4 Å². The first kappa shape index (κ1) is 24.5. The van der Waals surface area contributed by atoms with E-state index in [9.17, 15) is 0 Å². The van der Waals surface area contributed by atoms with Crippen molar-refractivity contribution in [1.29, 1.82) is 0 Å². The average molecular weight is 655 g/mol. The molecule has 6 aromatic carbocycles. The van der Waals surface area contributed by atoms with Gasteiger partial charge in [-0.2, -0.15) is 0 Å². The molecule has 0 N–H and O–H groups in total. The molecule has 6 aliphatic carbocycles. The van der Waals surface area contributed by atoms with Gasteiger partial charge in [0.2, 0.25) is 0 Å². The molecule has 43 heavy (non-hydrogen) atoms. The summed E-state index contributed by atoms with van der Waals surface area (Å²) in [4.78, 5) is 5.61. The predicted molar refractivity (Wildman–Crippen MR) is 178 cm³/mol. The molecule has 0 saturated carbocycles. The molecule has 0 radical (unpaired) electrons. The Morgan fingerprint density at radius 3 is 0.721 bits per heavy atom. The molecule has 0 atom stereocenters. The second-order valence-electron chi connectivity index (χ2n) is 13.5. The molecule has 0 amide bonds. The van der Waals surface area contributed by atoms with E-state index in [1.165, 1.54) is 33.4 Å². The molecule has 6 aliphatic rings. The summed E-state index contributed by atoms with van der Waals surface area (Å²) >= 11 is -3.81. The van der Waals surface area contributed by atoms with Crippen LogP contribution in [0.2, 0.25) is 9.88 Å². The van der Waals surface area contributed by atoms with E-state index >= 15 is 0 Å². The predicted octanol–water partition coefficient (Wildman–Crippen LogP) is 9.46. The van der Waals surface area contributed by atoms with E-state index in [4.69, 9.17) is 0 Å². The van der Waals surface area contributed by atoms with Gasteiger partial charge in [-0.15, -0.1) is 0 Å². The van der Waals surface area contributed by atoms with Gasteiger partial charge in [0.25, 0.3) is 0 Å². The van der Waals surface area contributed by atoms with Crippen LogP contribution in [0.1, 0.15) is 78.6 Å². The summed E-state index contributed by atoms with van der Waals surface area (Å²) < 4.78 is -0.352. The Labute approximate surface area is 258 Å². The molecule has 1 heteroatoms. The molecular formula is C42H32Sn. The van der Waals surface area contributed by atoms with Gasteiger partial charge < -0.3 is 0 Å². The maximum absolute atomic E-state index is 3.81. The van der Waals surface area contributed by atoms with Crippen LogP contribution in [0.5, 0.6) is 0 Å². The summed E-state index contributed by atoms with van der Waals surface area (Å²) in [6.45, 7) is 0. The monoisotopic (exact) mass is 656 g/mol. The minimum atomic E-state index is -3.81. The first-order valence-electron chi connectivity index (χ1n) is 15.7. The van der Waals surface area contributed by atoms with Crippen LogP contribution in [0.15, 0.2) is 146 Å². The van der Waals surface area contributed by atoms with Crippen molar-refractivity contribution in [2.24, 2.45) is 0 Å². The van der Waals surface area contributed by atoms with Crippen molar-refractivity contribution in [1.82, 2.24) is 0 Å². The zero-order valence-electron chi connectivity index (χ0n) is 24.5. The van der Waals surface area contributed by atoms with E-state index in [1.807, 2.05) is 0 Å². The Kier molecular flexibility index (Phi) is 4.67. The molecule has 0 spiro atoms. The van der Waals surface area contributed by atoms with E-state index in [0.717, 1.165) is 0 Å². The van der Waals surface area contributed by atoms with Gasteiger partial charge in [0.15, 0.2) is 0 Å². The zero-order valence-corrected chi connectivity index (χ0v) is 27.4. The average Bonchev–Trinajstić information content (AvgIpc) is 3.07. The van der Waals surface area contributed by atoms with Gasteiger partial charge in [-0.25, -0.2) is 0 Å². The van der Waals surface area contributed by atoms with Crippen LogP contribution in [-0.2, 0) is 6.86 Å². The third-order valence-electron chi connectivity index (χ3n) is 11.9. The van der Waals surface area contributed by atoms with E-state index in [0.29, 0.717) is 11.8 Å². The molecule has 0 heterocycles. The molecule has 6 aromatic rings. The number of hydrogen-bond donors (Lipinski definition) is 0. The molecule has 0 fully saturated rings. The Balaban J connectivity index is 1.46. The Hall–Kier alpha value is -3.88. The zero-order chi connectivity index (χ0) is 28.6. The van der Waals surface area contributed by atoms with Crippen molar-refractivity contribution < 1.29 is 0 Å². The summed E-state index contributed by atoms with van der Waals surface area (Å²) in [5.74, 6) is 0.582. The van der Waals surface area contributed by atoms with Crippen molar-refractivity contribution >= 4 is 18.4 Å². The SMILES string of the molecule is [CH3][Sn]([CH3])([C]12c3ccccc3C(c3ccccc31)c1ccccc12)[C]12c3ccccc3C(c3ccccc31)c1ccccc12. The summed E-state index contributed by atoms with van der Waals surface area (Å²) in [6.07, 6.45) is 0. The quantitative estimate of drug-likeness (QED) is 0.163. The van der Waals surface area contributed by atoms with Crippen LogP contribution in [0.4, 0.5) is 0 Å². The van der Waals surface area contributed by atoms with Gasteiger partial charge in [0.05, 0.1) is 0 Å². The number of benzene rings is 6. The fraction of sp³-hybridized carbons (Fsp3) is 0.143. The molecule has 0 aliphatic heterocycles. The molecule has 0 unspecified atom stereocenters. The van der Waals surface area contributed by atoms with Gasteiger partial charge in [0, 0.05) is 0 Å². The summed E-state index contributed by atoms with van der Waals surface area (Å²) in [6, 6.07) is 57.1. The fourth-order valence-corrected chi connectivity index (χ4v) is 27.8. The molecule has 4 bridgehead atoms. The van der Waals surface area contributed by atoms with Gasteiger partial charge in [-0.05, 0) is 0 Å². The van der Waals surface area contributed by atoms with Gasteiger partial charge >= 0.3 is 259 Å². The second-order valence-corrected chi connectivity index (χ2v) is 27.1. The molecule has 12 rings (SSSR count). The van der Waals surface area contributed by atoms with Crippen LogP contribution in [0, 0.1) is 0 Å². The van der Waals surface area contributed by atoms with Crippen LogP contribution < -0.4 is 0 Å². The summed E-state index contributed by atoms with van der Waals surface area (Å²) in [7, 11) is 0. The van der Waals surface area contributed by atoms with Crippen molar-refractivity contribution in [3.8, 4) is 0 Å². The van der Waals surface area contributed by atoms with E-state index in [2.05, 4.69) is 155 Å². The van der Waals surface area contributed by atoms with Crippen molar-refractivity contribution in [3.05, 3.63) is 212 Å². The fourth-order valence-electron chi connectivity index (χ4n) is 10.7. The molecule has 0 saturated heterocycles. The van der Waals surface area contributed by atoms with E-state index in [1.54, 1.807) is 33.4 Å². The number of rotatable bonds is 2. The summed E-state index contributed by atoms with van der Waals surface area (Å²) in [5, 5.41) is 0. The minimum absolute atomic E-state index is 0.176. The molecule has 0 nitrogen and oxygen atoms in total. The van der Waals surface area contributed by atoms with E-state index < -0.39 is 18.4 Å². The Morgan fingerprint density at radius 2 is 0.512 bits per heavy atom. The second kappa shape index (κ2) is 8.18. The normalized spacial score (nSPS) is 24.7. The first-order chi connectivity index (χ1) is 21.1. The standard InChI is InChI=1S/2C20H13.2CH3.Sn/c2*1-2-8-14-13(7-1)19-15-9-3-5-11-17(15)20(14)18-12-6-4-10-16(18)19;;;/h2*1-12,19H;2*1H3;. The van der Waals surface area contributed by atoms with Crippen molar-refractivity contribution in [2.45, 2.75) is 28.6 Å².